The lowest BCUT2D eigenvalue weighted by molar-refractivity contribution is -0.126. The Morgan fingerprint density at radius 3 is 2.74 bits per heavy atom. The lowest BCUT2D eigenvalue weighted by Crippen LogP contribution is -2.54. The van der Waals surface area contributed by atoms with Crippen molar-refractivity contribution in [2.45, 2.75) is 39.7 Å². The molecule has 1 fully saturated rings. The molecule has 0 bridgehead atoms. The number of H-pyrrole nitrogens is 1. The maximum atomic E-state index is 16.1. The van der Waals surface area contributed by atoms with Crippen molar-refractivity contribution in [1.29, 1.82) is 0 Å². The van der Waals surface area contributed by atoms with Crippen molar-refractivity contribution in [1.82, 2.24) is 29.4 Å². The van der Waals surface area contributed by atoms with Crippen molar-refractivity contribution >= 4 is 33.7 Å². The molecule has 1 atom stereocenters. The number of amides is 1. The lowest BCUT2D eigenvalue weighted by atomic mass is 10.0. The summed E-state index contributed by atoms with van der Waals surface area (Å²) in [7, 11) is 0. The Kier molecular flexibility index (Phi) is 6.84. The van der Waals surface area contributed by atoms with Gasteiger partial charge in [0.15, 0.2) is 5.65 Å². The SMILES string of the molecule is C=CC(=O)N1CCN(c2nc(=O)n(-c3c(C)ccnc3C(C)C)c3nc(-c4cccc5cc[nH]c45)c(F)cc23)[C@@H](C)C1. The zero-order valence-electron chi connectivity index (χ0n) is 24.1. The second-order valence-corrected chi connectivity index (χ2v) is 11.0. The molecule has 1 aliphatic heterocycles. The van der Waals surface area contributed by atoms with Gasteiger partial charge >= 0.3 is 5.69 Å². The van der Waals surface area contributed by atoms with Crippen LogP contribution in [0.2, 0.25) is 0 Å². The van der Waals surface area contributed by atoms with Crippen LogP contribution in [0, 0.1) is 12.7 Å². The molecule has 4 aromatic heterocycles. The summed E-state index contributed by atoms with van der Waals surface area (Å²) < 4.78 is 17.6. The molecule has 214 valence electrons. The van der Waals surface area contributed by atoms with Crippen LogP contribution in [0.15, 0.2) is 66.2 Å². The minimum absolute atomic E-state index is 0.00427. The molecule has 42 heavy (non-hydrogen) atoms. The summed E-state index contributed by atoms with van der Waals surface area (Å²) in [5, 5.41) is 1.33. The van der Waals surface area contributed by atoms with Crippen molar-refractivity contribution in [3.05, 3.63) is 89.0 Å². The molecule has 1 saturated heterocycles. The first-order chi connectivity index (χ1) is 20.2. The van der Waals surface area contributed by atoms with E-state index in [1.165, 1.54) is 16.7 Å². The number of nitrogens with zero attached hydrogens (tertiary/aromatic N) is 6. The molecule has 1 aliphatic rings. The van der Waals surface area contributed by atoms with Crippen LogP contribution in [0.3, 0.4) is 0 Å². The van der Waals surface area contributed by atoms with Crippen molar-refractivity contribution < 1.29 is 9.18 Å². The number of hydrogen-bond acceptors (Lipinski definition) is 6. The largest absolute Gasteiger partial charge is 0.361 e. The summed E-state index contributed by atoms with van der Waals surface area (Å²) in [6.45, 7) is 12.7. The summed E-state index contributed by atoms with van der Waals surface area (Å²) >= 11 is 0. The molecule has 1 amide bonds. The number of nitrogens with one attached hydrogen (secondary N) is 1. The highest BCUT2D eigenvalue weighted by Crippen LogP contribution is 2.35. The number of aryl methyl sites for hydroxylation is 1. The van der Waals surface area contributed by atoms with E-state index in [0.29, 0.717) is 47.7 Å². The molecule has 5 aromatic rings. The van der Waals surface area contributed by atoms with Crippen LogP contribution < -0.4 is 10.6 Å². The molecule has 0 unspecified atom stereocenters. The second kappa shape index (κ2) is 10.5. The molecular formula is C32H32FN7O2. The monoisotopic (exact) mass is 565 g/mol. The average molecular weight is 566 g/mol. The van der Waals surface area contributed by atoms with Crippen molar-refractivity contribution in [3.8, 4) is 16.9 Å². The number of anilines is 1. The molecule has 6 rings (SSSR count). The third kappa shape index (κ3) is 4.43. The maximum absolute atomic E-state index is 16.1. The van der Waals surface area contributed by atoms with Crippen LogP contribution in [-0.4, -0.2) is 61.0 Å². The number of para-hydroxylation sites is 1. The molecule has 0 spiro atoms. The van der Waals surface area contributed by atoms with Crippen molar-refractivity contribution in [3.63, 3.8) is 0 Å². The highest BCUT2D eigenvalue weighted by Gasteiger charge is 2.30. The highest BCUT2D eigenvalue weighted by molar-refractivity contribution is 5.96. The first kappa shape index (κ1) is 27.3. The van der Waals surface area contributed by atoms with Crippen LogP contribution in [0.5, 0.6) is 0 Å². The van der Waals surface area contributed by atoms with E-state index in [9.17, 15) is 9.59 Å². The Labute approximate surface area is 242 Å². The summed E-state index contributed by atoms with van der Waals surface area (Å²) in [4.78, 5) is 47.2. The Bertz CT molecular complexity index is 1930. The summed E-state index contributed by atoms with van der Waals surface area (Å²) in [6.07, 6.45) is 4.82. The summed E-state index contributed by atoms with van der Waals surface area (Å²) in [5.41, 5.74) is 3.37. The number of rotatable bonds is 5. The molecule has 9 nitrogen and oxygen atoms in total. The van der Waals surface area contributed by atoms with E-state index < -0.39 is 11.5 Å². The Morgan fingerprint density at radius 1 is 1.19 bits per heavy atom. The van der Waals surface area contributed by atoms with E-state index in [0.717, 1.165) is 22.2 Å². The van der Waals surface area contributed by atoms with Crippen LogP contribution in [0.4, 0.5) is 10.2 Å². The van der Waals surface area contributed by atoms with E-state index in [2.05, 4.69) is 21.5 Å². The minimum Gasteiger partial charge on any atom is -0.361 e. The van der Waals surface area contributed by atoms with Gasteiger partial charge in [-0.1, -0.05) is 38.6 Å². The fourth-order valence-electron chi connectivity index (χ4n) is 5.88. The molecule has 5 heterocycles. The molecule has 10 heteroatoms. The van der Waals surface area contributed by atoms with Gasteiger partial charge in [0.2, 0.25) is 5.91 Å². The number of benzene rings is 1. The highest BCUT2D eigenvalue weighted by atomic mass is 19.1. The van der Waals surface area contributed by atoms with E-state index in [1.54, 1.807) is 17.3 Å². The number of aromatic amines is 1. The predicted octanol–water partition coefficient (Wildman–Crippen LogP) is 5.12. The number of halogens is 1. The third-order valence-electron chi connectivity index (χ3n) is 7.95. The van der Waals surface area contributed by atoms with Gasteiger partial charge in [0.1, 0.15) is 17.3 Å². The maximum Gasteiger partial charge on any atom is 0.355 e. The number of pyridine rings is 2. The van der Waals surface area contributed by atoms with E-state index in [-0.39, 0.29) is 23.6 Å². The van der Waals surface area contributed by atoms with Gasteiger partial charge in [0.25, 0.3) is 0 Å². The standard InChI is InChI=1S/C32H32FN7O2/c1-6-25(41)38-14-15-39(20(5)17-38)30-23-16-24(33)28(22-9-7-8-21-11-13-35-27(21)22)36-31(23)40(32(42)37-30)29-19(4)10-12-34-26(29)18(2)3/h6-13,16,18,20,35H,1,14-15,17H2,2-5H3/t20-/m0/s1. The zero-order chi connectivity index (χ0) is 29.7. The molecule has 0 radical (unpaired) electrons. The Balaban J connectivity index is 1.65. The topological polar surface area (TPSA) is 100 Å². The normalized spacial score (nSPS) is 15.6. The molecule has 1 N–H and O–H groups in total. The first-order valence-corrected chi connectivity index (χ1v) is 14.0. The van der Waals surface area contributed by atoms with Crippen LogP contribution >= 0.6 is 0 Å². The van der Waals surface area contributed by atoms with Gasteiger partial charge in [-0.25, -0.2) is 18.7 Å². The van der Waals surface area contributed by atoms with Crippen molar-refractivity contribution in [2.24, 2.45) is 0 Å². The van der Waals surface area contributed by atoms with E-state index >= 15 is 4.39 Å². The Morgan fingerprint density at radius 2 is 2.00 bits per heavy atom. The molecule has 1 aromatic carbocycles. The van der Waals surface area contributed by atoms with Gasteiger partial charge < -0.3 is 14.8 Å². The number of hydrogen-bond donors (Lipinski definition) is 1. The fourth-order valence-corrected chi connectivity index (χ4v) is 5.88. The molecule has 0 aliphatic carbocycles. The summed E-state index contributed by atoms with van der Waals surface area (Å²) in [5.74, 6) is -0.338. The average Bonchev–Trinajstić information content (AvgIpc) is 3.46. The quantitative estimate of drug-likeness (QED) is 0.297. The van der Waals surface area contributed by atoms with Gasteiger partial charge in [-0.3, -0.25) is 9.78 Å². The fraction of sp³-hybridized carbons (Fsp3) is 0.281. The third-order valence-corrected chi connectivity index (χ3v) is 7.95. The van der Waals surface area contributed by atoms with Crippen molar-refractivity contribution in [2.75, 3.05) is 24.5 Å². The van der Waals surface area contributed by atoms with E-state index in [4.69, 9.17) is 4.98 Å². The van der Waals surface area contributed by atoms with Crippen LogP contribution in [0.1, 0.15) is 37.9 Å². The van der Waals surface area contributed by atoms with Crippen LogP contribution in [-0.2, 0) is 4.79 Å². The number of carbonyl (C=O) groups is 1. The lowest BCUT2D eigenvalue weighted by Gasteiger charge is -2.40. The van der Waals surface area contributed by atoms with Gasteiger partial charge in [-0.05, 0) is 49.6 Å². The smallest absolute Gasteiger partial charge is 0.355 e. The number of piperazine rings is 1. The number of carbonyl (C=O) groups excluding carboxylic acids is 1. The summed E-state index contributed by atoms with van der Waals surface area (Å²) in [6, 6.07) is 10.6. The molecule has 0 saturated carbocycles. The van der Waals surface area contributed by atoms with E-state index in [1.807, 2.05) is 62.9 Å². The van der Waals surface area contributed by atoms with Gasteiger partial charge in [-0.2, -0.15) is 4.98 Å². The Hall–Kier alpha value is -4.86. The molecular weight excluding hydrogens is 533 g/mol. The first-order valence-electron chi connectivity index (χ1n) is 14.0. The van der Waals surface area contributed by atoms with Crippen LogP contribution in [0.25, 0.3) is 38.9 Å². The zero-order valence-corrected chi connectivity index (χ0v) is 24.1. The predicted molar refractivity (Wildman–Crippen MR) is 163 cm³/mol. The van der Waals surface area contributed by atoms with Gasteiger partial charge in [-0.15, -0.1) is 0 Å². The second-order valence-electron chi connectivity index (χ2n) is 11.0. The van der Waals surface area contributed by atoms with Gasteiger partial charge in [0, 0.05) is 49.0 Å². The minimum atomic E-state index is -0.532. The number of aromatic nitrogens is 5. The van der Waals surface area contributed by atoms with Gasteiger partial charge in [0.05, 0.1) is 22.3 Å². The number of fused-ring (bicyclic) bond motifs is 2.